The van der Waals surface area contributed by atoms with Crippen molar-refractivity contribution >= 4 is 17.6 Å². The van der Waals surface area contributed by atoms with E-state index in [9.17, 15) is 14.0 Å². The molecule has 1 aliphatic heterocycles. The smallest absolute Gasteiger partial charge is 0.322 e. The van der Waals surface area contributed by atoms with E-state index in [0.29, 0.717) is 36.6 Å². The van der Waals surface area contributed by atoms with Gasteiger partial charge in [0.1, 0.15) is 5.82 Å². The first-order valence-corrected chi connectivity index (χ1v) is 10.7. The second-order valence-corrected chi connectivity index (χ2v) is 8.21. The Kier molecular flexibility index (Phi) is 7.56. The van der Waals surface area contributed by atoms with E-state index in [1.165, 1.54) is 18.2 Å². The van der Waals surface area contributed by atoms with E-state index in [1.54, 1.807) is 25.2 Å². The quantitative estimate of drug-likeness (QED) is 0.674. The molecule has 0 bridgehead atoms. The molecule has 0 spiro atoms. The second kappa shape index (κ2) is 10.3. The van der Waals surface area contributed by atoms with E-state index in [4.69, 9.17) is 9.47 Å². The number of halogens is 1. The van der Waals surface area contributed by atoms with Gasteiger partial charge in [0, 0.05) is 25.2 Å². The Morgan fingerprint density at radius 3 is 2.53 bits per heavy atom. The summed E-state index contributed by atoms with van der Waals surface area (Å²) in [6, 6.07) is 8.75. The molecule has 2 N–H and O–H groups in total. The molecule has 0 aliphatic carbocycles. The highest BCUT2D eigenvalue weighted by atomic mass is 19.1. The van der Waals surface area contributed by atoms with Crippen LogP contribution in [-0.2, 0) is 11.2 Å². The lowest BCUT2D eigenvalue weighted by Gasteiger charge is -2.38. The van der Waals surface area contributed by atoms with Crippen LogP contribution in [0.4, 0.5) is 14.9 Å². The molecule has 0 saturated carbocycles. The molecule has 8 heteroatoms. The number of rotatable bonds is 7. The fourth-order valence-corrected chi connectivity index (χ4v) is 3.91. The molecule has 7 nitrogen and oxygen atoms in total. The van der Waals surface area contributed by atoms with Gasteiger partial charge < -0.3 is 25.0 Å². The molecule has 0 saturated heterocycles. The van der Waals surface area contributed by atoms with Crippen LogP contribution < -0.4 is 20.1 Å². The topological polar surface area (TPSA) is 79.9 Å². The molecular formula is C24H30FN3O4. The maximum absolute atomic E-state index is 13.6. The molecule has 2 aromatic carbocycles. The zero-order chi connectivity index (χ0) is 23.3. The van der Waals surface area contributed by atoms with Crippen LogP contribution in [0.1, 0.15) is 37.4 Å². The van der Waals surface area contributed by atoms with Crippen LogP contribution in [0.15, 0.2) is 36.4 Å². The van der Waals surface area contributed by atoms with E-state index in [0.717, 1.165) is 11.1 Å². The van der Waals surface area contributed by atoms with Gasteiger partial charge in [0.2, 0.25) is 5.91 Å². The molecule has 1 atom stereocenters. The van der Waals surface area contributed by atoms with Gasteiger partial charge in [0.15, 0.2) is 11.5 Å². The van der Waals surface area contributed by atoms with Gasteiger partial charge in [0.25, 0.3) is 0 Å². The Bertz CT molecular complexity index is 980. The van der Waals surface area contributed by atoms with E-state index in [-0.39, 0.29) is 24.4 Å². The van der Waals surface area contributed by atoms with Crippen LogP contribution in [0.5, 0.6) is 11.5 Å². The van der Waals surface area contributed by atoms with Gasteiger partial charge >= 0.3 is 6.03 Å². The predicted molar refractivity (Wildman–Crippen MR) is 121 cm³/mol. The Balaban J connectivity index is 1.89. The van der Waals surface area contributed by atoms with Crippen LogP contribution in [-0.4, -0.2) is 44.1 Å². The van der Waals surface area contributed by atoms with Gasteiger partial charge in [-0.05, 0) is 53.8 Å². The van der Waals surface area contributed by atoms with E-state index in [2.05, 4.69) is 10.6 Å². The summed E-state index contributed by atoms with van der Waals surface area (Å²) in [6.07, 6.45) is 1.02. The maximum atomic E-state index is 13.6. The SMILES string of the molecule is COc1cc2c(cc1OC)[C@H](CNC(=O)CC(C)C)N(C(=O)Nc1cccc(F)c1)CC2. The minimum atomic E-state index is -0.430. The lowest BCUT2D eigenvalue weighted by molar-refractivity contribution is -0.122. The summed E-state index contributed by atoms with van der Waals surface area (Å²) >= 11 is 0. The normalized spacial score (nSPS) is 15.2. The van der Waals surface area contributed by atoms with Crippen molar-refractivity contribution in [2.24, 2.45) is 5.92 Å². The van der Waals surface area contributed by atoms with Crippen molar-refractivity contribution in [2.45, 2.75) is 32.7 Å². The fraction of sp³-hybridized carbons (Fsp3) is 0.417. The average Bonchev–Trinajstić information content (AvgIpc) is 2.75. The van der Waals surface area contributed by atoms with E-state index < -0.39 is 11.9 Å². The summed E-state index contributed by atoms with van der Waals surface area (Å²) in [6.45, 7) is 4.65. The van der Waals surface area contributed by atoms with Crippen LogP contribution >= 0.6 is 0 Å². The van der Waals surface area contributed by atoms with Crippen molar-refractivity contribution < 1.29 is 23.5 Å². The number of methoxy groups -OCH3 is 2. The van der Waals surface area contributed by atoms with E-state index in [1.807, 2.05) is 26.0 Å². The van der Waals surface area contributed by atoms with Crippen LogP contribution in [0.3, 0.4) is 0 Å². The van der Waals surface area contributed by atoms with E-state index >= 15 is 0 Å². The zero-order valence-corrected chi connectivity index (χ0v) is 18.9. The van der Waals surface area contributed by atoms with Gasteiger partial charge in [-0.15, -0.1) is 0 Å². The summed E-state index contributed by atoms with van der Waals surface area (Å²) in [5, 5.41) is 5.72. The molecule has 1 heterocycles. The summed E-state index contributed by atoms with van der Waals surface area (Å²) in [4.78, 5) is 27.1. The lowest BCUT2D eigenvalue weighted by atomic mass is 9.91. The van der Waals surface area contributed by atoms with Gasteiger partial charge in [0.05, 0.1) is 20.3 Å². The largest absolute Gasteiger partial charge is 0.493 e. The van der Waals surface area contributed by atoms with Crippen LogP contribution in [0.2, 0.25) is 0 Å². The Labute approximate surface area is 187 Å². The summed E-state index contributed by atoms with van der Waals surface area (Å²) in [7, 11) is 3.14. The van der Waals surface area contributed by atoms with Gasteiger partial charge in [-0.1, -0.05) is 19.9 Å². The Hall–Kier alpha value is -3.29. The third kappa shape index (κ3) is 5.49. The molecule has 32 heavy (non-hydrogen) atoms. The Morgan fingerprint density at radius 2 is 1.88 bits per heavy atom. The first-order valence-electron chi connectivity index (χ1n) is 10.7. The first-order chi connectivity index (χ1) is 15.3. The summed E-state index contributed by atoms with van der Waals surface area (Å²) < 4.78 is 24.4. The third-order valence-electron chi connectivity index (χ3n) is 5.43. The molecule has 1 aliphatic rings. The number of nitrogens with one attached hydrogen (secondary N) is 2. The van der Waals surface area contributed by atoms with Crippen LogP contribution in [0.25, 0.3) is 0 Å². The minimum absolute atomic E-state index is 0.0712. The minimum Gasteiger partial charge on any atom is -0.493 e. The molecule has 0 unspecified atom stereocenters. The Morgan fingerprint density at radius 1 is 1.16 bits per heavy atom. The highest BCUT2D eigenvalue weighted by Gasteiger charge is 2.32. The second-order valence-electron chi connectivity index (χ2n) is 8.21. The average molecular weight is 444 g/mol. The number of hydrogen-bond acceptors (Lipinski definition) is 4. The number of benzene rings is 2. The standard InChI is InChI=1S/C24H30FN3O4/c1-15(2)10-23(29)26-14-20-19-13-22(32-4)21(31-3)11-16(19)8-9-28(20)24(30)27-18-7-5-6-17(25)12-18/h5-7,11-13,15,20H,8-10,14H2,1-4H3,(H,26,29)(H,27,30)/t20-/m0/s1. The number of amides is 3. The maximum Gasteiger partial charge on any atom is 0.322 e. The highest BCUT2D eigenvalue weighted by molar-refractivity contribution is 5.90. The number of carbonyl (C=O) groups is 2. The number of fused-ring (bicyclic) bond motifs is 1. The third-order valence-corrected chi connectivity index (χ3v) is 5.43. The van der Waals surface area contributed by atoms with Gasteiger partial charge in [-0.2, -0.15) is 0 Å². The molecule has 0 fully saturated rings. The van der Waals surface area contributed by atoms with Crippen molar-refractivity contribution in [3.63, 3.8) is 0 Å². The molecule has 2 aromatic rings. The van der Waals surface area contributed by atoms with Crippen molar-refractivity contribution in [3.8, 4) is 11.5 Å². The van der Waals surface area contributed by atoms with Crippen molar-refractivity contribution in [1.82, 2.24) is 10.2 Å². The molecule has 3 amide bonds. The molecule has 0 aromatic heterocycles. The molecular weight excluding hydrogens is 413 g/mol. The monoisotopic (exact) mass is 443 g/mol. The van der Waals surface area contributed by atoms with Gasteiger partial charge in [-0.3, -0.25) is 4.79 Å². The van der Waals surface area contributed by atoms with Crippen molar-refractivity contribution in [1.29, 1.82) is 0 Å². The van der Waals surface area contributed by atoms with Crippen molar-refractivity contribution in [2.75, 3.05) is 32.6 Å². The summed E-state index contributed by atoms with van der Waals surface area (Å²) in [5.74, 6) is 0.897. The lowest BCUT2D eigenvalue weighted by Crippen LogP contribution is -2.47. The molecule has 172 valence electrons. The predicted octanol–water partition coefficient (Wildman–Crippen LogP) is 4.14. The molecule has 0 radical (unpaired) electrons. The zero-order valence-electron chi connectivity index (χ0n) is 18.9. The number of nitrogens with zero attached hydrogens (tertiary/aromatic N) is 1. The number of anilines is 1. The number of urea groups is 1. The number of carbonyl (C=O) groups excluding carboxylic acids is 2. The number of ether oxygens (including phenoxy) is 2. The highest BCUT2D eigenvalue weighted by Crippen LogP contribution is 2.38. The number of hydrogen-bond donors (Lipinski definition) is 2. The van der Waals surface area contributed by atoms with Crippen LogP contribution in [0, 0.1) is 11.7 Å². The summed E-state index contributed by atoms with van der Waals surface area (Å²) in [5.41, 5.74) is 2.28. The van der Waals surface area contributed by atoms with Crippen molar-refractivity contribution in [3.05, 3.63) is 53.3 Å². The molecule has 3 rings (SSSR count). The van der Waals surface area contributed by atoms with Gasteiger partial charge in [-0.25, -0.2) is 9.18 Å². The fourth-order valence-electron chi connectivity index (χ4n) is 3.91. The first kappa shape index (κ1) is 23.4.